The number of aliphatic hydroxyl groups excluding tert-OH is 3. The number of ether oxygens (including phenoxy) is 5. The van der Waals surface area contributed by atoms with Crippen molar-refractivity contribution in [2.24, 2.45) is 29.6 Å². The second-order valence-electron chi connectivity index (χ2n) is 15.5. The first kappa shape index (κ1) is 43.9. The molecule has 12 nitrogen and oxygen atoms in total. The van der Waals surface area contributed by atoms with Gasteiger partial charge in [-0.05, 0) is 73.9 Å². The molecule has 0 aliphatic carbocycles. The lowest BCUT2D eigenvalue weighted by Crippen LogP contribution is -2.56. The van der Waals surface area contributed by atoms with Gasteiger partial charge in [0.1, 0.15) is 23.6 Å². The van der Waals surface area contributed by atoms with Gasteiger partial charge in [0.2, 0.25) is 0 Å². The fraction of sp³-hybridized carbons (Fsp3) is 0.946. The van der Waals surface area contributed by atoms with Gasteiger partial charge in [-0.2, -0.15) is 0 Å². The summed E-state index contributed by atoms with van der Waals surface area (Å²) in [7, 11) is 3.81. The van der Waals surface area contributed by atoms with E-state index in [1.165, 1.54) is 6.92 Å². The SMILES string of the molecule is CCC[C@@H](C)C(=O)[C@H](C)[C@@H](O)[C@](C)(O)[C@@H](CC)OC(=O)[C@H](C)[C@@H](O[C@H]1C[C@H](C)[C@@H](O)[C@H](C)O1)[C@H](C)[C@H](C)O[C@@H]1O[C@H](C)C[C@H](N(C)C)[C@H]1O. The van der Waals surface area contributed by atoms with E-state index in [0.717, 1.165) is 6.42 Å². The van der Waals surface area contributed by atoms with E-state index >= 15 is 0 Å². The zero-order valence-corrected chi connectivity index (χ0v) is 32.4. The molecule has 0 aromatic rings. The number of nitrogens with zero attached hydrogens (tertiary/aromatic N) is 1. The maximum Gasteiger partial charge on any atom is 0.311 e. The van der Waals surface area contributed by atoms with Crippen LogP contribution in [-0.2, 0) is 33.3 Å². The van der Waals surface area contributed by atoms with Crippen LogP contribution in [0.25, 0.3) is 0 Å². The quantitative estimate of drug-likeness (QED) is 0.153. The van der Waals surface area contributed by atoms with Gasteiger partial charge in [0, 0.05) is 30.2 Å². The molecule has 288 valence electrons. The predicted octanol–water partition coefficient (Wildman–Crippen LogP) is 3.68. The second-order valence-corrected chi connectivity index (χ2v) is 15.5. The summed E-state index contributed by atoms with van der Waals surface area (Å²) in [5.41, 5.74) is -1.91. The molecule has 2 aliphatic rings. The molecule has 2 heterocycles. The largest absolute Gasteiger partial charge is 0.459 e. The average Bonchev–Trinajstić information content (AvgIpc) is 3.04. The summed E-state index contributed by atoms with van der Waals surface area (Å²) in [6.07, 6.45) is -5.02. The molecular formula is C37H69NO11. The summed E-state index contributed by atoms with van der Waals surface area (Å²) >= 11 is 0. The molecule has 12 heteroatoms. The van der Waals surface area contributed by atoms with Crippen molar-refractivity contribution in [2.75, 3.05) is 14.1 Å². The summed E-state index contributed by atoms with van der Waals surface area (Å²) in [6, 6.07) is -0.163. The van der Waals surface area contributed by atoms with Crippen molar-refractivity contribution in [1.29, 1.82) is 0 Å². The number of hydrogen-bond donors (Lipinski definition) is 4. The van der Waals surface area contributed by atoms with Gasteiger partial charge in [-0.25, -0.2) is 0 Å². The minimum atomic E-state index is -1.91. The number of Topliss-reactive ketones (excluding diaryl/α,β-unsaturated/α-hetero) is 1. The highest BCUT2D eigenvalue weighted by molar-refractivity contribution is 5.83. The smallest absolute Gasteiger partial charge is 0.311 e. The lowest BCUT2D eigenvalue weighted by atomic mass is 9.79. The topological polar surface area (TPSA) is 164 Å². The van der Waals surface area contributed by atoms with E-state index in [-0.39, 0.29) is 36.2 Å². The third kappa shape index (κ3) is 11.1. The van der Waals surface area contributed by atoms with Gasteiger partial charge in [0.15, 0.2) is 12.6 Å². The molecule has 0 aromatic carbocycles. The summed E-state index contributed by atoms with van der Waals surface area (Å²) in [5.74, 6) is -3.40. The highest BCUT2D eigenvalue weighted by Crippen LogP contribution is 2.34. The summed E-state index contributed by atoms with van der Waals surface area (Å²) in [6.45, 7) is 19.5. The van der Waals surface area contributed by atoms with Crippen LogP contribution in [0.15, 0.2) is 0 Å². The molecule has 2 saturated heterocycles. The zero-order chi connectivity index (χ0) is 37.5. The van der Waals surface area contributed by atoms with Crippen molar-refractivity contribution in [3.63, 3.8) is 0 Å². The van der Waals surface area contributed by atoms with Crippen LogP contribution in [0.1, 0.15) is 108 Å². The molecule has 17 atom stereocenters. The normalized spacial score (nSPS) is 34.2. The number of carbonyl (C=O) groups is 2. The third-order valence-electron chi connectivity index (χ3n) is 11.1. The van der Waals surface area contributed by atoms with Crippen molar-refractivity contribution in [2.45, 2.75) is 181 Å². The Morgan fingerprint density at radius 3 is 2.08 bits per heavy atom. The first-order chi connectivity index (χ1) is 22.7. The molecule has 0 bridgehead atoms. The monoisotopic (exact) mass is 703 g/mol. The molecular weight excluding hydrogens is 634 g/mol. The van der Waals surface area contributed by atoms with Gasteiger partial charge in [-0.1, -0.05) is 48.0 Å². The van der Waals surface area contributed by atoms with E-state index in [0.29, 0.717) is 19.3 Å². The van der Waals surface area contributed by atoms with Crippen LogP contribution in [0, 0.1) is 29.6 Å². The number of hydrogen-bond acceptors (Lipinski definition) is 12. The van der Waals surface area contributed by atoms with E-state index in [4.69, 9.17) is 23.7 Å². The van der Waals surface area contributed by atoms with E-state index in [1.54, 1.807) is 27.7 Å². The van der Waals surface area contributed by atoms with Gasteiger partial charge in [0.25, 0.3) is 0 Å². The van der Waals surface area contributed by atoms with E-state index < -0.39 is 84.6 Å². The number of aliphatic hydroxyl groups is 4. The Labute approximate surface area is 295 Å². The molecule has 0 radical (unpaired) electrons. The first-order valence-electron chi connectivity index (χ1n) is 18.5. The van der Waals surface area contributed by atoms with E-state index in [2.05, 4.69) is 0 Å². The van der Waals surface area contributed by atoms with Gasteiger partial charge < -0.3 is 49.0 Å². The van der Waals surface area contributed by atoms with Crippen molar-refractivity contribution < 1.29 is 53.7 Å². The Kier molecular flexibility index (Phi) is 17.1. The van der Waals surface area contributed by atoms with Gasteiger partial charge in [-0.15, -0.1) is 0 Å². The van der Waals surface area contributed by atoms with Gasteiger partial charge >= 0.3 is 5.97 Å². The number of ketones is 1. The Morgan fingerprint density at radius 1 is 0.939 bits per heavy atom. The predicted molar refractivity (Wildman–Crippen MR) is 185 cm³/mol. The maximum atomic E-state index is 13.9. The van der Waals surface area contributed by atoms with Gasteiger partial charge in [0.05, 0.1) is 42.5 Å². The van der Waals surface area contributed by atoms with Crippen LogP contribution >= 0.6 is 0 Å². The highest BCUT2D eigenvalue weighted by Gasteiger charge is 2.48. The van der Waals surface area contributed by atoms with Crippen LogP contribution in [0.2, 0.25) is 0 Å². The molecule has 0 spiro atoms. The fourth-order valence-corrected chi connectivity index (χ4v) is 7.37. The summed E-state index contributed by atoms with van der Waals surface area (Å²) in [4.78, 5) is 28.9. The Morgan fingerprint density at radius 2 is 1.55 bits per heavy atom. The Hall–Kier alpha value is -1.22. The molecule has 0 aromatic heterocycles. The van der Waals surface area contributed by atoms with Crippen molar-refractivity contribution in [1.82, 2.24) is 4.90 Å². The molecule has 2 aliphatic heterocycles. The lowest BCUT2D eigenvalue weighted by Gasteiger charge is -2.44. The third-order valence-corrected chi connectivity index (χ3v) is 11.1. The van der Waals surface area contributed by atoms with Crippen LogP contribution in [-0.4, -0.2) is 124 Å². The van der Waals surface area contributed by atoms with Crippen molar-refractivity contribution in [3.8, 4) is 0 Å². The van der Waals surface area contributed by atoms with Crippen LogP contribution in [0.3, 0.4) is 0 Å². The number of likely N-dealkylation sites (N-methyl/N-ethyl adjacent to an activating group) is 1. The maximum absolute atomic E-state index is 13.9. The average molecular weight is 704 g/mol. The standard InChI is InChI=1S/C37H69NO11/c1-14-16-19(3)30(39)23(7)34(42)37(11,44)28(15-2)48-35(43)24(8)33(49-29-17-20(4)31(40)26(10)46-29)22(6)25(9)47-36-32(41)27(38(12)13)18-21(5)45-36/h19-29,31-34,36,40-42,44H,14-18H2,1-13H3/t19-,20+,21-,22-,23+,24-,25+,26+,27+,28-,29+,31-,32-,33+,34-,36+,37-/m1/s1. The number of esters is 1. The minimum Gasteiger partial charge on any atom is -0.459 e. The molecule has 0 saturated carbocycles. The Bertz CT molecular complexity index is 1010. The van der Waals surface area contributed by atoms with E-state index in [9.17, 15) is 30.0 Å². The lowest BCUT2D eigenvalue weighted by molar-refractivity contribution is -0.288. The Balaban J connectivity index is 2.32. The molecule has 2 fully saturated rings. The minimum absolute atomic E-state index is 0.110. The zero-order valence-electron chi connectivity index (χ0n) is 32.4. The van der Waals surface area contributed by atoms with Crippen molar-refractivity contribution >= 4 is 11.8 Å². The van der Waals surface area contributed by atoms with Gasteiger partial charge in [-0.3, -0.25) is 9.59 Å². The van der Waals surface area contributed by atoms with Crippen LogP contribution in [0.4, 0.5) is 0 Å². The van der Waals surface area contributed by atoms with Crippen LogP contribution < -0.4 is 0 Å². The number of rotatable bonds is 18. The highest BCUT2D eigenvalue weighted by atomic mass is 16.7. The summed E-state index contributed by atoms with van der Waals surface area (Å²) in [5, 5.41) is 44.4. The first-order valence-corrected chi connectivity index (χ1v) is 18.5. The van der Waals surface area contributed by atoms with Crippen LogP contribution in [0.5, 0.6) is 0 Å². The summed E-state index contributed by atoms with van der Waals surface area (Å²) < 4.78 is 30.8. The van der Waals surface area contributed by atoms with E-state index in [1.807, 2.05) is 60.5 Å². The second kappa shape index (κ2) is 19.0. The molecule has 0 amide bonds. The molecule has 0 unspecified atom stereocenters. The number of carbonyl (C=O) groups excluding carboxylic acids is 2. The molecule has 2 rings (SSSR count). The van der Waals surface area contributed by atoms with Crippen molar-refractivity contribution in [3.05, 3.63) is 0 Å². The fourth-order valence-electron chi connectivity index (χ4n) is 7.37. The molecule has 4 N–H and O–H groups in total. The molecule has 49 heavy (non-hydrogen) atoms.